The Labute approximate surface area is 115 Å². The van der Waals surface area contributed by atoms with Gasteiger partial charge in [0.2, 0.25) is 10.0 Å². The second kappa shape index (κ2) is 5.61. The Morgan fingerprint density at radius 2 is 1.95 bits per heavy atom. The summed E-state index contributed by atoms with van der Waals surface area (Å²) in [4.78, 5) is 0. The second-order valence-corrected chi connectivity index (χ2v) is 7.56. The van der Waals surface area contributed by atoms with Gasteiger partial charge in [0.05, 0.1) is 17.9 Å². The Hall–Kier alpha value is -0.910. The van der Waals surface area contributed by atoms with Gasteiger partial charge in [-0.15, -0.1) is 0 Å². The van der Waals surface area contributed by atoms with Gasteiger partial charge in [0.1, 0.15) is 6.73 Å². The predicted molar refractivity (Wildman–Crippen MR) is 75.3 cm³/mol. The van der Waals surface area contributed by atoms with E-state index in [0.717, 1.165) is 6.42 Å². The molecule has 19 heavy (non-hydrogen) atoms. The standard InChI is InChI=1S/C14H21NO3S/c1-14(2)11-18-12-15(14)19(16,17)10-6-9-13-7-4-3-5-8-13/h3-5,7-8H,6,9-12H2,1-2H3. The van der Waals surface area contributed by atoms with Crippen LogP contribution in [0.3, 0.4) is 0 Å². The van der Waals surface area contributed by atoms with Crippen molar-refractivity contribution in [3.05, 3.63) is 35.9 Å². The molecular weight excluding hydrogens is 262 g/mol. The van der Waals surface area contributed by atoms with Crippen LogP contribution in [-0.4, -0.2) is 37.4 Å². The molecule has 0 N–H and O–H groups in total. The summed E-state index contributed by atoms with van der Waals surface area (Å²) < 4.78 is 31.3. The summed E-state index contributed by atoms with van der Waals surface area (Å²) in [6.07, 6.45) is 1.42. The fraction of sp³-hybridized carbons (Fsp3) is 0.571. The summed E-state index contributed by atoms with van der Waals surface area (Å²) in [5.74, 6) is 0.175. The molecule has 0 aromatic heterocycles. The minimum atomic E-state index is -3.23. The van der Waals surface area contributed by atoms with Gasteiger partial charge in [-0.05, 0) is 32.3 Å². The first kappa shape index (κ1) is 14.5. The van der Waals surface area contributed by atoms with Gasteiger partial charge in [0.25, 0.3) is 0 Å². The molecule has 0 radical (unpaired) electrons. The van der Waals surface area contributed by atoms with Gasteiger partial charge in [-0.25, -0.2) is 8.42 Å². The maximum Gasteiger partial charge on any atom is 0.216 e. The lowest BCUT2D eigenvalue weighted by molar-refractivity contribution is 0.171. The zero-order valence-electron chi connectivity index (χ0n) is 11.5. The zero-order valence-corrected chi connectivity index (χ0v) is 12.3. The van der Waals surface area contributed by atoms with E-state index in [9.17, 15) is 8.42 Å². The fourth-order valence-electron chi connectivity index (χ4n) is 2.30. The van der Waals surface area contributed by atoms with Crippen LogP contribution in [0.5, 0.6) is 0 Å². The van der Waals surface area contributed by atoms with Crippen molar-refractivity contribution in [3.63, 3.8) is 0 Å². The molecule has 0 saturated carbocycles. The van der Waals surface area contributed by atoms with Crippen molar-refractivity contribution in [3.8, 4) is 0 Å². The highest BCUT2D eigenvalue weighted by Gasteiger charge is 2.40. The van der Waals surface area contributed by atoms with Crippen LogP contribution in [0.15, 0.2) is 30.3 Å². The first-order chi connectivity index (χ1) is 8.92. The topological polar surface area (TPSA) is 46.6 Å². The third-order valence-electron chi connectivity index (χ3n) is 3.39. The predicted octanol–water partition coefficient (Wildman–Crippen LogP) is 2.02. The average molecular weight is 283 g/mol. The quantitative estimate of drug-likeness (QED) is 0.830. The van der Waals surface area contributed by atoms with Crippen LogP contribution in [0.4, 0.5) is 0 Å². The van der Waals surface area contributed by atoms with E-state index in [4.69, 9.17) is 4.74 Å². The van der Waals surface area contributed by atoms with Gasteiger partial charge in [0.15, 0.2) is 0 Å². The number of hydrogen-bond acceptors (Lipinski definition) is 3. The molecule has 4 nitrogen and oxygen atoms in total. The molecule has 1 fully saturated rings. The van der Waals surface area contributed by atoms with Crippen molar-refractivity contribution in [2.75, 3.05) is 19.1 Å². The number of rotatable bonds is 5. The number of nitrogens with zero attached hydrogens (tertiary/aromatic N) is 1. The molecule has 0 bridgehead atoms. The summed E-state index contributed by atoms with van der Waals surface area (Å²) in [6.45, 7) is 4.44. The van der Waals surface area contributed by atoms with E-state index in [0.29, 0.717) is 13.0 Å². The fourth-order valence-corrected chi connectivity index (χ4v) is 4.07. The maximum atomic E-state index is 12.3. The highest BCUT2D eigenvalue weighted by molar-refractivity contribution is 7.89. The lowest BCUT2D eigenvalue weighted by Gasteiger charge is -2.28. The van der Waals surface area contributed by atoms with Crippen molar-refractivity contribution in [2.24, 2.45) is 0 Å². The van der Waals surface area contributed by atoms with Crippen LogP contribution in [0.25, 0.3) is 0 Å². The van der Waals surface area contributed by atoms with E-state index in [-0.39, 0.29) is 12.5 Å². The van der Waals surface area contributed by atoms with E-state index < -0.39 is 15.6 Å². The Balaban J connectivity index is 1.92. The van der Waals surface area contributed by atoms with E-state index in [1.54, 1.807) is 0 Å². The van der Waals surface area contributed by atoms with Gasteiger partial charge < -0.3 is 4.74 Å². The van der Waals surface area contributed by atoms with Gasteiger partial charge in [-0.3, -0.25) is 0 Å². The summed E-state index contributed by atoms with van der Waals surface area (Å²) in [6, 6.07) is 9.96. The summed E-state index contributed by atoms with van der Waals surface area (Å²) in [5, 5.41) is 0. The van der Waals surface area contributed by atoms with Crippen LogP contribution < -0.4 is 0 Å². The van der Waals surface area contributed by atoms with Gasteiger partial charge in [-0.2, -0.15) is 4.31 Å². The zero-order chi connectivity index (χ0) is 13.9. The highest BCUT2D eigenvalue weighted by Crippen LogP contribution is 2.25. The lowest BCUT2D eigenvalue weighted by Crippen LogP contribution is -2.45. The molecule has 0 amide bonds. The molecule has 1 aliphatic rings. The molecule has 106 valence electrons. The molecule has 2 rings (SSSR count). The number of aryl methyl sites for hydroxylation is 1. The van der Waals surface area contributed by atoms with E-state index in [2.05, 4.69) is 0 Å². The van der Waals surface area contributed by atoms with Crippen molar-refractivity contribution < 1.29 is 13.2 Å². The van der Waals surface area contributed by atoms with Crippen LogP contribution in [0.1, 0.15) is 25.8 Å². The average Bonchev–Trinajstić information content (AvgIpc) is 2.71. The second-order valence-electron chi connectivity index (χ2n) is 5.54. The molecule has 0 spiro atoms. The van der Waals surface area contributed by atoms with Crippen molar-refractivity contribution in [1.82, 2.24) is 4.31 Å². The maximum absolute atomic E-state index is 12.3. The highest BCUT2D eigenvalue weighted by atomic mass is 32.2. The molecule has 1 heterocycles. The third kappa shape index (κ3) is 3.55. The minimum absolute atomic E-state index is 0.175. The third-order valence-corrected chi connectivity index (χ3v) is 5.46. The lowest BCUT2D eigenvalue weighted by atomic mass is 10.1. The molecule has 1 aromatic carbocycles. The normalized spacial score (nSPS) is 19.7. The van der Waals surface area contributed by atoms with Gasteiger partial charge in [0, 0.05) is 0 Å². The van der Waals surface area contributed by atoms with Crippen LogP contribution in [-0.2, 0) is 21.2 Å². The van der Waals surface area contributed by atoms with E-state index in [1.165, 1.54) is 9.87 Å². The van der Waals surface area contributed by atoms with E-state index >= 15 is 0 Å². The number of ether oxygens (including phenoxy) is 1. The monoisotopic (exact) mass is 283 g/mol. The first-order valence-corrected chi connectivity index (χ1v) is 8.15. The molecule has 0 atom stereocenters. The van der Waals surface area contributed by atoms with Crippen LogP contribution >= 0.6 is 0 Å². The molecule has 1 aliphatic heterocycles. The minimum Gasteiger partial charge on any atom is -0.363 e. The largest absolute Gasteiger partial charge is 0.363 e. The molecule has 1 saturated heterocycles. The number of hydrogen-bond donors (Lipinski definition) is 0. The Bertz CT molecular complexity index is 511. The molecule has 0 aliphatic carbocycles. The molecule has 1 aromatic rings. The Morgan fingerprint density at radius 1 is 1.26 bits per heavy atom. The Morgan fingerprint density at radius 3 is 2.53 bits per heavy atom. The summed E-state index contributed by atoms with van der Waals surface area (Å²) >= 11 is 0. The van der Waals surface area contributed by atoms with Gasteiger partial charge in [-0.1, -0.05) is 30.3 Å². The van der Waals surface area contributed by atoms with Crippen molar-refractivity contribution in [2.45, 2.75) is 32.2 Å². The van der Waals surface area contributed by atoms with E-state index in [1.807, 2.05) is 44.2 Å². The SMILES string of the molecule is CC1(C)COCN1S(=O)(=O)CCCc1ccccc1. The molecular formula is C14H21NO3S. The first-order valence-electron chi connectivity index (χ1n) is 6.54. The van der Waals surface area contributed by atoms with Crippen LogP contribution in [0.2, 0.25) is 0 Å². The van der Waals surface area contributed by atoms with Crippen molar-refractivity contribution in [1.29, 1.82) is 0 Å². The molecule has 5 heteroatoms. The molecule has 0 unspecified atom stereocenters. The summed E-state index contributed by atoms with van der Waals surface area (Å²) in [7, 11) is -3.23. The van der Waals surface area contributed by atoms with Gasteiger partial charge >= 0.3 is 0 Å². The Kier molecular flexibility index (Phi) is 4.28. The number of sulfonamides is 1. The smallest absolute Gasteiger partial charge is 0.216 e. The van der Waals surface area contributed by atoms with Crippen LogP contribution in [0, 0.1) is 0 Å². The van der Waals surface area contributed by atoms with Crippen molar-refractivity contribution >= 4 is 10.0 Å². The number of benzene rings is 1. The summed E-state index contributed by atoms with van der Waals surface area (Å²) in [5.41, 5.74) is 0.751.